The molecule has 8 heterocycles. The van der Waals surface area contributed by atoms with Crippen molar-refractivity contribution >= 4 is 56.3 Å². The third-order valence-corrected chi connectivity index (χ3v) is 18.6. The van der Waals surface area contributed by atoms with E-state index in [1.807, 2.05) is 0 Å². The van der Waals surface area contributed by atoms with Gasteiger partial charge in [-0.15, -0.1) is 20.6 Å². The van der Waals surface area contributed by atoms with Crippen LogP contribution in [-0.2, 0) is 61.0 Å². The molecule has 1 aliphatic rings. The molecule has 0 atom stereocenters. The van der Waals surface area contributed by atoms with E-state index < -0.39 is 31.7 Å². The molecule has 7 aromatic heterocycles. The molecule has 0 aliphatic carbocycles. The fourth-order valence-electron chi connectivity index (χ4n) is 9.55. The Morgan fingerprint density at radius 2 is 1.09 bits per heavy atom. The number of carbonyl (C=O) groups is 1. The number of amides is 1. The zero-order chi connectivity index (χ0) is 79.6. The number of benzene rings is 4. The number of hydrogen-bond donors (Lipinski definition) is 6. The predicted octanol–water partition coefficient (Wildman–Crippen LogP) is 8.68. The zero-order valence-electron chi connectivity index (χ0n) is 62.5. The zero-order valence-corrected chi connectivity index (χ0v) is 65.0. The minimum Gasteiger partial charge on any atom is -0.493 e. The summed E-state index contributed by atoms with van der Waals surface area (Å²) in [6.45, 7) is 8.65. The van der Waals surface area contributed by atoms with Crippen molar-refractivity contribution in [3.8, 4) is 40.4 Å². The van der Waals surface area contributed by atoms with E-state index in [2.05, 4.69) is 69.9 Å². The molecule has 11 aromatic rings. The predicted molar refractivity (Wildman–Crippen MR) is 402 cm³/mol. The van der Waals surface area contributed by atoms with Crippen LogP contribution in [0.1, 0.15) is 78.3 Å². The first-order valence-electron chi connectivity index (χ1n) is 32.5. The van der Waals surface area contributed by atoms with Crippen LogP contribution in [0, 0.1) is 34.6 Å². The molecule has 109 heavy (non-hydrogen) atoms. The van der Waals surface area contributed by atoms with Crippen molar-refractivity contribution in [2.24, 2.45) is 11.7 Å². The smallest absolute Gasteiger partial charge is 0.322 e. The highest BCUT2D eigenvalue weighted by Crippen LogP contribution is 2.40. The number of nitrogens with zero attached hydrogens (tertiary/aromatic N) is 14. The molecule has 0 spiro atoms. The molecule has 1 amide bonds. The maximum Gasteiger partial charge on any atom is 0.322 e. The Balaban J connectivity index is 0.000000238. The molecule has 39 heteroatoms. The van der Waals surface area contributed by atoms with Crippen LogP contribution in [0.3, 0.4) is 0 Å². The molecule has 0 unspecified atom stereocenters. The molecule has 1 aliphatic heterocycles. The number of halogens is 5. The molecule has 0 fully saturated rings. The van der Waals surface area contributed by atoms with Gasteiger partial charge in [0, 0.05) is 67.6 Å². The largest absolute Gasteiger partial charge is 0.493 e. The van der Waals surface area contributed by atoms with Crippen molar-refractivity contribution in [3.63, 3.8) is 0 Å². The lowest BCUT2D eigenvalue weighted by Crippen LogP contribution is -2.31. The second-order valence-corrected chi connectivity index (χ2v) is 28.1. The molecule has 0 saturated carbocycles. The number of carbonyl (C=O) groups excluding carboxylic acids is 1. The number of rotatable bonds is 21. The van der Waals surface area contributed by atoms with E-state index >= 15 is 0 Å². The Kier molecular flexibility index (Phi) is 33.2. The molecule has 0 saturated heterocycles. The first-order valence-corrected chi connectivity index (χ1v) is 35.3. The number of anilines is 2. The minimum atomic E-state index is -3.79. The van der Waals surface area contributed by atoms with E-state index in [0.29, 0.717) is 86.1 Å². The number of fused-ring (bicyclic) bond motifs is 1. The van der Waals surface area contributed by atoms with E-state index in [0.717, 1.165) is 34.8 Å². The molecule has 8 N–H and O–H groups in total. The Labute approximate surface area is 634 Å². The van der Waals surface area contributed by atoms with E-state index in [-0.39, 0.29) is 78.4 Å². The maximum atomic E-state index is 14.0. The lowest BCUT2D eigenvalue weighted by atomic mass is 9.87. The van der Waals surface area contributed by atoms with Crippen molar-refractivity contribution in [3.05, 3.63) is 220 Å². The summed E-state index contributed by atoms with van der Waals surface area (Å²) >= 11 is 0. The van der Waals surface area contributed by atoms with Crippen molar-refractivity contribution in [1.29, 1.82) is 5.41 Å². The molecule has 32 nitrogen and oxygen atoms in total. The normalized spacial score (nSPS) is 11.7. The number of nitrogen functional groups attached to an aromatic ring is 2. The SMILES string of the molecule is COCC(C)C.COc1cn(-c2nc(N)c3c(n2)NC(=O)C3(C)C)nc1Cc1ccccc1F.COc1cn(C(=N)N)nc1Cc1ccccc1F.COc1cn[nH]c1.COc1cn[nH]c1Cc1ccccc1F.COc1cnn(S(=O)(=O)N(C)C)c1.COc1cnn(S(=O)(=O)N(C)C)c1Cc1ccccc1F.Cl. The van der Waals surface area contributed by atoms with Gasteiger partial charge in [0.25, 0.3) is 5.95 Å². The Hall–Kier alpha value is -11.5. The van der Waals surface area contributed by atoms with Crippen LogP contribution in [0.2, 0.25) is 0 Å². The summed E-state index contributed by atoms with van der Waals surface area (Å²) in [5.41, 5.74) is 15.3. The van der Waals surface area contributed by atoms with E-state index in [9.17, 15) is 39.2 Å². The summed E-state index contributed by atoms with van der Waals surface area (Å²) in [5.74, 6) is 2.85. The maximum absolute atomic E-state index is 14.0. The number of aromatic amines is 2. The molecular weight excluding hydrogens is 1490 g/mol. The second kappa shape index (κ2) is 41.0. The second-order valence-electron chi connectivity index (χ2n) is 24.1. The van der Waals surface area contributed by atoms with Gasteiger partial charge in [-0.05, 0) is 66.3 Å². The van der Waals surface area contributed by atoms with Crippen LogP contribution in [-0.4, -0.2) is 190 Å². The molecule has 4 aromatic carbocycles. The highest BCUT2D eigenvalue weighted by atomic mass is 35.5. The first kappa shape index (κ1) is 88.2. The Morgan fingerprint density at radius 3 is 1.52 bits per heavy atom. The van der Waals surface area contributed by atoms with Gasteiger partial charge in [-0.2, -0.15) is 66.0 Å². The van der Waals surface area contributed by atoms with Gasteiger partial charge in [0.05, 0.1) is 109 Å². The standard InChI is InChI=1S/C19H19FN6O2.C13H16FN3O3S.C12H13FN4O.C11H11FN2O.C6H11N3O3S.C5H12O.C4H6N2O.ClH/c1-19(2)14-15(21)22-18(24-16(14)23-17(19)27)26-9-13(28-3)12(25-26)8-10-6-4-5-7-11(10)20;1-16(2)21(18,19)17-12(13(20-3)9-15-17)8-10-6-4-5-7-11(10)14;1-18-11-7-17(12(14)15)16-10(11)6-8-4-2-3-5-9(8)13;1-15-11-7-13-14-10(11)6-8-4-2-3-5-9(8)12;1-8(2)13(10,11)9-5-6(12-3)4-7-9;1-5(2)4-6-3;1-7-4-2-5-6-3-4;/h4-7,9H,8H2,1-3H3,(H3,21,22,23,24,27);4-7,9H,8H2,1-3H3;2-5,7H,6H2,1H3,(H3,14,15);2-5,7H,6H2,1H3,(H,13,14);4-5H,1-3H3;5H,4H2,1-3H3;2-3H,1H3,(H,5,6);1H. The fraction of sp³-hybridized carbons (Fsp3) is 0.314. The molecule has 0 radical (unpaired) electrons. The molecule has 588 valence electrons. The topological polar surface area (TPSA) is 399 Å². The van der Waals surface area contributed by atoms with E-state index in [1.54, 1.807) is 133 Å². The van der Waals surface area contributed by atoms with Crippen LogP contribution in [0.25, 0.3) is 5.95 Å². The summed E-state index contributed by atoms with van der Waals surface area (Å²) in [6.07, 6.45) is 12.9. The third kappa shape index (κ3) is 23.8. The van der Waals surface area contributed by atoms with E-state index in [1.165, 1.54) is 115 Å². The lowest BCUT2D eigenvalue weighted by Gasteiger charge is -2.16. The number of ether oxygens (including phenoxy) is 7. The number of nitrogens with two attached hydrogens (primary N) is 2. The van der Waals surface area contributed by atoms with E-state index in [4.69, 9.17) is 50.0 Å². The van der Waals surface area contributed by atoms with Gasteiger partial charge in [0.2, 0.25) is 11.9 Å². The minimum absolute atomic E-state index is 0. The van der Waals surface area contributed by atoms with Crippen molar-refractivity contribution in [2.45, 2.75) is 58.8 Å². The highest BCUT2D eigenvalue weighted by Gasteiger charge is 2.42. The number of H-pyrrole nitrogens is 2. The first-order chi connectivity index (χ1) is 51.3. The summed E-state index contributed by atoms with van der Waals surface area (Å²) in [4.78, 5) is 20.9. The molecular formula is C70H89ClF4N20O12S2. The van der Waals surface area contributed by atoms with Crippen LogP contribution in [0.4, 0.5) is 29.2 Å². The van der Waals surface area contributed by atoms with Gasteiger partial charge in [-0.1, -0.05) is 86.6 Å². The monoisotopic (exact) mass is 1580 g/mol. The summed E-state index contributed by atoms with van der Waals surface area (Å²) in [7, 11) is 9.11. The number of nitrogens with one attached hydrogen (secondary N) is 4. The van der Waals surface area contributed by atoms with Crippen LogP contribution < -0.4 is 45.2 Å². The van der Waals surface area contributed by atoms with Crippen molar-refractivity contribution in [1.82, 2.24) is 76.9 Å². The van der Waals surface area contributed by atoms with Crippen LogP contribution in [0.5, 0.6) is 34.5 Å². The van der Waals surface area contributed by atoms with Crippen molar-refractivity contribution < 1.29 is 72.3 Å². The Morgan fingerprint density at radius 1 is 0.596 bits per heavy atom. The van der Waals surface area contributed by atoms with Gasteiger partial charge in [0.15, 0.2) is 34.5 Å². The van der Waals surface area contributed by atoms with Crippen LogP contribution >= 0.6 is 12.4 Å². The quantitative estimate of drug-likeness (QED) is 0.0222. The Bertz CT molecular complexity index is 4960. The van der Waals surface area contributed by atoms with Crippen molar-refractivity contribution in [2.75, 3.05) is 95.6 Å². The number of methoxy groups -OCH3 is 7. The third-order valence-electron chi connectivity index (χ3n) is 15.3. The average Bonchev–Trinajstić information content (AvgIpc) is 1.61. The van der Waals surface area contributed by atoms with Crippen LogP contribution in [0.15, 0.2) is 147 Å². The van der Waals surface area contributed by atoms with Gasteiger partial charge >= 0.3 is 20.4 Å². The number of hydrogen-bond acceptors (Lipinski definition) is 22. The highest BCUT2D eigenvalue weighted by molar-refractivity contribution is 7.87. The summed E-state index contributed by atoms with van der Waals surface area (Å²) < 4.78 is 143. The fourth-order valence-corrected chi connectivity index (χ4v) is 11.2. The van der Waals surface area contributed by atoms with Gasteiger partial charge in [-0.3, -0.25) is 20.4 Å². The van der Waals surface area contributed by atoms with Gasteiger partial charge < -0.3 is 49.9 Å². The molecule has 12 rings (SSSR count). The molecule has 0 bridgehead atoms. The average molecular weight is 1580 g/mol. The number of aromatic nitrogens is 14. The van der Waals surface area contributed by atoms with Gasteiger partial charge in [0.1, 0.15) is 52.0 Å². The lowest BCUT2D eigenvalue weighted by molar-refractivity contribution is -0.119. The summed E-state index contributed by atoms with van der Waals surface area (Å²) in [6, 6.07) is 25.8. The summed E-state index contributed by atoms with van der Waals surface area (Å²) in [5, 5.41) is 38.9. The van der Waals surface area contributed by atoms with Gasteiger partial charge in [-0.25, -0.2) is 26.9 Å².